The standard InChI is InChI=1S/C38H47N3O4S.Na/c1-8-40-32-16-10-26(3)24-30(32)37(4,5)34(40)18-13-27-11-12-28(36(27)39-20-22-45-23-21-39)14-19-35-38(6,7)31-25-29(46(42,43)44)15-17-33(31)41(35)9-2;/h10,13-19,24-25H,8-9,11-12,20-23H2,1-7H3;/q;+1. The quantitative estimate of drug-likeness (QED) is 0.276. The smallest absolute Gasteiger partial charge is 0.744 e. The number of hydrogen-bond acceptors (Lipinski definition) is 6. The van der Waals surface area contributed by atoms with Crippen molar-refractivity contribution in [1.82, 2.24) is 0 Å². The molecule has 0 bridgehead atoms. The number of benzene rings is 2. The molecule has 4 aliphatic rings. The Morgan fingerprint density at radius 1 is 0.809 bits per heavy atom. The van der Waals surface area contributed by atoms with Crippen LogP contribution >= 0.6 is 0 Å². The normalized spacial score (nSPS) is 23.7. The Balaban J connectivity index is 0.00000433. The summed E-state index contributed by atoms with van der Waals surface area (Å²) >= 11 is 0. The van der Waals surface area contributed by atoms with Gasteiger partial charge in [-0.3, -0.25) is 0 Å². The number of allylic oxidation sites excluding steroid dienone is 8. The van der Waals surface area contributed by atoms with Crippen LogP contribution in [0.1, 0.15) is 71.1 Å². The second kappa shape index (κ2) is 13.4. The van der Waals surface area contributed by atoms with Gasteiger partial charge in [-0.15, -0.1) is 0 Å². The zero-order valence-corrected chi connectivity index (χ0v) is 32.1. The van der Waals surface area contributed by atoms with Crippen molar-refractivity contribution in [3.8, 4) is 0 Å². The summed E-state index contributed by atoms with van der Waals surface area (Å²) in [5.74, 6) is 0. The molecule has 0 spiro atoms. The van der Waals surface area contributed by atoms with Gasteiger partial charge in [-0.1, -0.05) is 57.5 Å². The third-order valence-corrected chi connectivity index (χ3v) is 11.1. The molecule has 1 saturated heterocycles. The van der Waals surface area contributed by atoms with Gasteiger partial charge >= 0.3 is 29.6 Å². The van der Waals surface area contributed by atoms with Crippen LogP contribution < -0.4 is 39.4 Å². The first kappa shape index (κ1) is 35.8. The number of nitrogens with zero attached hydrogens (tertiary/aromatic N) is 3. The molecule has 0 atom stereocenters. The first-order valence-corrected chi connectivity index (χ1v) is 18.0. The van der Waals surface area contributed by atoms with Crippen molar-refractivity contribution in [3.05, 3.63) is 99.9 Å². The fraction of sp³-hybridized carbons (Fsp3) is 0.447. The molecule has 2 fully saturated rings. The summed E-state index contributed by atoms with van der Waals surface area (Å²) in [6.07, 6.45) is 11.1. The van der Waals surface area contributed by atoms with Gasteiger partial charge in [0.15, 0.2) is 13.1 Å². The van der Waals surface area contributed by atoms with Crippen LogP contribution in [0.25, 0.3) is 0 Å². The minimum atomic E-state index is -4.54. The Labute approximate surface area is 303 Å². The van der Waals surface area contributed by atoms with Crippen LogP contribution in [0.5, 0.6) is 0 Å². The monoisotopic (exact) mass is 664 g/mol. The van der Waals surface area contributed by atoms with Crippen LogP contribution in [0.2, 0.25) is 0 Å². The molecule has 0 amide bonds. The second-order valence-corrected chi connectivity index (χ2v) is 15.2. The average molecular weight is 665 g/mol. The van der Waals surface area contributed by atoms with Crippen LogP contribution in [0, 0.1) is 6.92 Å². The number of hydrogen-bond donors (Lipinski definition) is 0. The molecule has 1 aliphatic carbocycles. The summed E-state index contributed by atoms with van der Waals surface area (Å²) in [6.45, 7) is 20.2. The van der Waals surface area contributed by atoms with Gasteiger partial charge in [0.25, 0.3) is 0 Å². The van der Waals surface area contributed by atoms with Crippen LogP contribution in [0.3, 0.4) is 0 Å². The maximum absolute atomic E-state index is 11.9. The third kappa shape index (κ3) is 6.38. The molecule has 3 aliphatic heterocycles. The SMILES string of the molecule is CCN1C(=CC=C2CC/C(=C\C=C3\N(CC)c4ccc(S(=O)(=O)[O-])cc4C3(C)C)C2=[N+]2CCOCC2)C(C)(C)c2cc(C)ccc21.[Na+]. The number of ether oxygens (including phenoxy) is 1. The molecule has 7 nitrogen and oxygen atoms in total. The number of anilines is 2. The summed E-state index contributed by atoms with van der Waals surface area (Å²) in [6, 6.07) is 11.6. The van der Waals surface area contributed by atoms with E-state index in [0.29, 0.717) is 13.2 Å². The van der Waals surface area contributed by atoms with E-state index in [0.717, 1.165) is 56.0 Å². The summed E-state index contributed by atoms with van der Waals surface area (Å²) in [5.41, 5.74) is 11.6. The van der Waals surface area contributed by atoms with Crippen LogP contribution in [-0.4, -0.2) is 62.7 Å². The maximum atomic E-state index is 11.9. The fourth-order valence-electron chi connectivity index (χ4n) is 7.87. The van der Waals surface area contributed by atoms with Crippen molar-refractivity contribution in [3.63, 3.8) is 0 Å². The largest absolute Gasteiger partial charge is 1.00 e. The molecule has 6 rings (SSSR count). The van der Waals surface area contributed by atoms with Crippen molar-refractivity contribution in [2.45, 2.75) is 77.0 Å². The van der Waals surface area contributed by atoms with Crippen molar-refractivity contribution in [2.24, 2.45) is 0 Å². The van der Waals surface area contributed by atoms with Gasteiger partial charge in [0.05, 0.1) is 4.90 Å². The van der Waals surface area contributed by atoms with E-state index in [1.54, 1.807) is 12.1 Å². The van der Waals surface area contributed by atoms with E-state index in [2.05, 4.69) is 105 Å². The molecule has 0 aromatic heterocycles. The van der Waals surface area contributed by atoms with E-state index >= 15 is 0 Å². The molecule has 1 saturated carbocycles. The third-order valence-electron chi connectivity index (χ3n) is 10.3. The summed E-state index contributed by atoms with van der Waals surface area (Å²) in [5, 5.41) is 0. The molecule has 0 unspecified atom stereocenters. The van der Waals surface area contributed by atoms with E-state index in [1.165, 1.54) is 45.4 Å². The molecule has 0 radical (unpaired) electrons. The number of rotatable bonds is 5. The van der Waals surface area contributed by atoms with Crippen LogP contribution in [-0.2, 0) is 25.7 Å². The Kier molecular flexibility index (Phi) is 10.3. The zero-order valence-electron chi connectivity index (χ0n) is 29.3. The predicted molar refractivity (Wildman–Crippen MR) is 185 cm³/mol. The van der Waals surface area contributed by atoms with Crippen molar-refractivity contribution < 1.29 is 51.8 Å². The zero-order chi connectivity index (χ0) is 33.0. The van der Waals surface area contributed by atoms with Gasteiger partial charge in [0.1, 0.15) is 23.3 Å². The molecular weight excluding hydrogens is 617 g/mol. The van der Waals surface area contributed by atoms with Gasteiger partial charge < -0.3 is 19.1 Å². The Bertz CT molecular complexity index is 1840. The Morgan fingerprint density at radius 3 is 1.79 bits per heavy atom. The number of morpholine rings is 1. The molecule has 244 valence electrons. The molecule has 47 heavy (non-hydrogen) atoms. The molecular formula is C38H47N3NaO4S+. The maximum Gasteiger partial charge on any atom is 1.00 e. The van der Waals surface area contributed by atoms with E-state index < -0.39 is 15.5 Å². The number of aryl methyl sites for hydroxylation is 1. The van der Waals surface area contributed by atoms with Crippen molar-refractivity contribution in [1.29, 1.82) is 0 Å². The minimum absolute atomic E-state index is 0. The van der Waals surface area contributed by atoms with Gasteiger partial charge in [-0.2, -0.15) is 0 Å². The Morgan fingerprint density at radius 2 is 1.30 bits per heavy atom. The molecule has 0 N–H and O–H groups in total. The van der Waals surface area contributed by atoms with E-state index in [9.17, 15) is 13.0 Å². The number of fused-ring (bicyclic) bond motifs is 2. The molecule has 2 aromatic carbocycles. The Hall–Kier alpha value is -2.46. The van der Waals surface area contributed by atoms with Crippen molar-refractivity contribution >= 4 is 27.2 Å². The molecule has 9 heteroatoms. The summed E-state index contributed by atoms with van der Waals surface area (Å²) < 4.78 is 43.8. The minimum Gasteiger partial charge on any atom is -0.744 e. The summed E-state index contributed by atoms with van der Waals surface area (Å²) in [7, 11) is -4.54. The van der Waals surface area contributed by atoms with Crippen LogP contribution in [0.15, 0.2) is 88.1 Å². The van der Waals surface area contributed by atoms with Gasteiger partial charge in [-0.05, 0) is 81.2 Å². The molecule has 3 heterocycles. The fourth-order valence-corrected chi connectivity index (χ4v) is 8.37. The number of likely N-dealkylation sites (N-methyl/N-ethyl adjacent to an activating group) is 2. The topological polar surface area (TPSA) is 75.9 Å². The van der Waals surface area contributed by atoms with Gasteiger partial charge in [0, 0.05) is 57.8 Å². The van der Waals surface area contributed by atoms with E-state index in [4.69, 9.17) is 4.74 Å². The second-order valence-electron chi connectivity index (χ2n) is 13.8. The van der Waals surface area contributed by atoms with Crippen LogP contribution in [0.4, 0.5) is 11.4 Å². The van der Waals surface area contributed by atoms with Gasteiger partial charge in [-0.25, -0.2) is 13.0 Å². The van der Waals surface area contributed by atoms with E-state index in [1.807, 2.05) is 0 Å². The molecule has 2 aromatic rings. The average Bonchev–Trinajstić information content (AvgIpc) is 3.59. The van der Waals surface area contributed by atoms with Gasteiger partial charge in [0.2, 0.25) is 5.71 Å². The predicted octanol–water partition coefficient (Wildman–Crippen LogP) is 3.74. The van der Waals surface area contributed by atoms with Crippen molar-refractivity contribution in [2.75, 3.05) is 49.2 Å². The summed E-state index contributed by atoms with van der Waals surface area (Å²) in [4.78, 5) is 4.51. The van der Waals surface area contributed by atoms with E-state index in [-0.39, 0.29) is 39.9 Å². The first-order valence-electron chi connectivity index (χ1n) is 16.6. The first-order chi connectivity index (χ1) is 21.8.